The standard InChI is InChI=1S/C23H24FN3O4/c1-31-19-9-5-2-6-16(19)20-21(26-12-10-25(11-13-26)14-15-28)23(30)27(22(20)29)18-8-4-3-7-17(18)24/h2-9,28H,10-15H2,1H3. The molecular weight excluding hydrogens is 401 g/mol. The van der Waals surface area contributed by atoms with Crippen LogP contribution in [0.1, 0.15) is 5.56 Å². The van der Waals surface area contributed by atoms with Gasteiger partial charge in [0.05, 0.1) is 25.0 Å². The van der Waals surface area contributed by atoms with E-state index in [1.165, 1.54) is 25.3 Å². The quantitative estimate of drug-likeness (QED) is 0.711. The number of halogens is 1. The van der Waals surface area contributed by atoms with Crippen LogP contribution in [0.3, 0.4) is 0 Å². The van der Waals surface area contributed by atoms with E-state index in [-0.39, 0.29) is 23.6 Å². The minimum absolute atomic E-state index is 0.0631. The van der Waals surface area contributed by atoms with Gasteiger partial charge in [0.25, 0.3) is 11.8 Å². The van der Waals surface area contributed by atoms with Crippen molar-refractivity contribution < 1.29 is 23.8 Å². The minimum Gasteiger partial charge on any atom is -0.496 e. The Balaban J connectivity index is 1.80. The molecule has 31 heavy (non-hydrogen) atoms. The third-order valence-electron chi connectivity index (χ3n) is 5.63. The number of β-amino-alcohol motifs (C(OH)–C–C–N with tert-alkyl or cyclic N) is 1. The number of aliphatic hydroxyl groups excluding tert-OH is 1. The zero-order valence-electron chi connectivity index (χ0n) is 17.3. The predicted octanol–water partition coefficient (Wildman–Crippen LogP) is 1.73. The lowest BCUT2D eigenvalue weighted by Crippen LogP contribution is -2.48. The predicted molar refractivity (Wildman–Crippen MR) is 114 cm³/mol. The number of carbonyl (C=O) groups is 2. The van der Waals surface area contributed by atoms with Gasteiger partial charge in [-0.25, -0.2) is 9.29 Å². The van der Waals surface area contributed by atoms with Crippen LogP contribution in [-0.4, -0.2) is 73.2 Å². The molecule has 0 aromatic heterocycles. The highest BCUT2D eigenvalue weighted by molar-refractivity contribution is 6.45. The number of nitrogens with zero attached hydrogens (tertiary/aromatic N) is 3. The maximum absolute atomic E-state index is 14.5. The fraction of sp³-hybridized carbons (Fsp3) is 0.304. The second kappa shape index (κ2) is 8.87. The molecule has 1 saturated heterocycles. The van der Waals surface area contributed by atoms with E-state index in [0.29, 0.717) is 44.0 Å². The molecule has 0 radical (unpaired) electrons. The first-order chi connectivity index (χ1) is 15.1. The van der Waals surface area contributed by atoms with E-state index in [2.05, 4.69) is 4.90 Å². The van der Waals surface area contributed by atoms with E-state index in [4.69, 9.17) is 4.74 Å². The van der Waals surface area contributed by atoms with Crippen molar-refractivity contribution in [1.29, 1.82) is 0 Å². The van der Waals surface area contributed by atoms with E-state index >= 15 is 0 Å². The zero-order valence-corrected chi connectivity index (χ0v) is 17.3. The smallest absolute Gasteiger partial charge is 0.282 e. The summed E-state index contributed by atoms with van der Waals surface area (Å²) in [5.41, 5.74) is 0.886. The summed E-state index contributed by atoms with van der Waals surface area (Å²) in [6.07, 6.45) is 0. The second-order valence-corrected chi connectivity index (χ2v) is 7.37. The van der Waals surface area contributed by atoms with Gasteiger partial charge < -0.3 is 14.7 Å². The van der Waals surface area contributed by atoms with E-state index < -0.39 is 17.6 Å². The van der Waals surface area contributed by atoms with Crippen LogP contribution in [0, 0.1) is 5.82 Å². The fourth-order valence-electron chi connectivity index (χ4n) is 4.09. The summed E-state index contributed by atoms with van der Waals surface area (Å²) in [6.45, 7) is 2.93. The molecule has 0 spiro atoms. The Morgan fingerprint density at radius 2 is 1.65 bits per heavy atom. The van der Waals surface area contributed by atoms with E-state index in [9.17, 15) is 19.1 Å². The lowest BCUT2D eigenvalue weighted by molar-refractivity contribution is -0.120. The lowest BCUT2D eigenvalue weighted by Gasteiger charge is -2.36. The molecule has 0 atom stereocenters. The Bertz CT molecular complexity index is 1030. The monoisotopic (exact) mass is 425 g/mol. The average Bonchev–Trinajstić information content (AvgIpc) is 3.05. The Hall–Kier alpha value is -3.23. The van der Waals surface area contributed by atoms with Crippen LogP contribution in [0.25, 0.3) is 5.57 Å². The molecule has 2 aliphatic rings. The maximum atomic E-state index is 14.5. The van der Waals surface area contributed by atoms with Crippen LogP contribution in [-0.2, 0) is 9.59 Å². The highest BCUT2D eigenvalue weighted by Gasteiger charge is 2.44. The number of amides is 2. The Labute approximate surface area is 179 Å². The molecule has 4 rings (SSSR count). The van der Waals surface area contributed by atoms with Gasteiger partial charge in [0.15, 0.2) is 0 Å². The van der Waals surface area contributed by atoms with Crippen molar-refractivity contribution in [3.63, 3.8) is 0 Å². The van der Waals surface area contributed by atoms with Crippen molar-refractivity contribution in [2.75, 3.05) is 51.3 Å². The van der Waals surface area contributed by atoms with Crippen molar-refractivity contribution in [2.45, 2.75) is 0 Å². The summed E-state index contributed by atoms with van der Waals surface area (Å²) in [6, 6.07) is 12.8. The van der Waals surface area contributed by atoms with Crippen LogP contribution >= 0.6 is 0 Å². The lowest BCUT2D eigenvalue weighted by atomic mass is 10.0. The molecule has 2 aromatic carbocycles. The molecule has 1 fully saturated rings. The molecule has 2 heterocycles. The van der Waals surface area contributed by atoms with Crippen molar-refractivity contribution >= 4 is 23.1 Å². The number of piperazine rings is 1. The van der Waals surface area contributed by atoms with Gasteiger partial charge in [0.2, 0.25) is 0 Å². The topological polar surface area (TPSA) is 73.3 Å². The largest absolute Gasteiger partial charge is 0.496 e. The minimum atomic E-state index is -0.641. The molecule has 0 bridgehead atoms. The van der Waals surface area contributed by atoms with Gasteiger partial charge in [-0.05, 0) is 18.2 Å². The number of rotatable bonds is 6. The fourth-order valence-corrected chi connectivity index (χ4v) is 4.09. The summed E-state index contributed by atoms with van der Waals surface area (Å²) in [5, 5.41) is 9.19. The van der Waals surface area contributed by atoms with Crippen LogP contribution in [0.2, 0.25) is 0 Å². The molecule has 2 aromatic rings. The SMILES string of the molecule is COc1ccccc1C1=C(N2CCN(CCO)CC2)C(=O)N(c2ccccc2F)C1=O. The highest BCUT2D eigenvalue weighted by Crippen LogP contribution is 2.39. The number of methoxy groups -OCH3 is 1. The average molecular weight is 425 g/mol. The summed E-state index contributed by atoms with van der Waals surface area (Å²) in [4.78, 5) is 31.9. The number of benzene rings is 2. The number of aliphatic hydroxyl groups is 1. The number of anilines is 1. The van der Waals surface area contributed by atoms with Crippen molar-refractivity contribution in [1.82, 2.24) is 9.80 Å². The molecule has 0 aliphatic carbocycles. The third-order valence-corrected chi connectivity index (χ3v) is 5.63. The van der Waals surface area contributed by atoms with Gasteiger partial charge in [-0.3, -0.25) is 14.5 Å². The summed E-state index contributed by atoms with van der Waals surface area (Å²) in [7, 11) is 1.50. The molecule has 7 nitrogen and oxygen atoms in total. The first-order valence-corrected chi connectivity index (χ1v) is 10.2. The summed E-state index contributed by atoms with van der Waals surface area (Å²) in [5.74, 6) is -1.30. The number of para-hydroxylation sites is 2. The van der Waals surface area contributed by atoms with Gasteiger partial charge in [-0.1, -0.05) is 30.3 Å². The summed E-state index contributed by atoms with van der Waals surface area (Å²) >= 11 is 0. The molecule has 2 aliphatic heterocycles. The van der Waals surface area contributed by atoms with E-state index in [1.807, 2.05) is 4.90 Å². The molecule has 1 N–H and O–H groups in total. The zero-order chi connectivity index (χ0) is 22.0. The first-order valence-electron chi connectivity index (χ1n) is 10.2. The molecule has 0 unspecified atom stereocenters. The van der Waals surface area contributed by atoms with Gasteiger partial charge in [-0.15, -0.1) is 0 Å². The normalized spacial score (nSPS) is 17.6. The number of hydrogen-bond acceptors (Lipinski definition) is 6. The van der Waals surface area contributed by atoms with Gasteiger partial charge in [0.1, 0.15) is 17.3 Å². The summed E-state index contributed by atoms with van der Waals surface area (Å²) < 4.78 is 20.0. The van der Waals surface area contributed by atoms with Crippen molar-refractivity contribution in [3.05, 3.63) is 65.6 Å². The second-order valence-electron chi connectivity index (χ2n) is 7.37. The third kappa shape index (κ3) is 3.80. The van der Waals surface area contributed by atoms with Gasteiger partial charge in [-0.2, -0.15) is 0 Å². The molecular formula is C23H24FN3O4. The van der Waals surface area contributed by atoms with E-state index in [1.54, 1.807) is 30.3 Å². The van der Waals surface area contributed by atoms with Crippen molar-refractivity contribution in [2.24, 2.45) is 0 Å². The highest BCUT2D eigenvalue weighted by atomic mass is 19.1. The molecule has 162 valence electrons. The van der Waals surface area contributed by atoms with Crippen molar-refractivity contribution in [3.8, 4) is 5.75 Å². The Morgan fingerprint density at radius 1 is 0.968 bits per heavy atom. The molecule has 0 saturated carbocycles. The Kier molecular flexibility index (Phi) is 6.01. The maximum Gasteiger partial charge on any atom is 0.282 e. The van der Waals surface area contributed by atoms with Crippen LogP contribution in [0.4, 0.5) is 10.1 Å². The number of carbonyl (C=O) groups excluding carboxylic acids is 2. The van der Waals surface area contributed by atoms with Gasteiger partial charge in [0, 0.05) is 38.3 Å². The van der Waals surface area contributed by atoms with Crippen LogP contribution in [0.15, 0.2) is 54.2 Å². The number of imide groups is 1. The van der Waals surface area contributed by atoms with Crippen LogP contribution < -0.4 is 9.64 Å². The molecule has 8 heteroatoms. The van der Waals surface area contributed by atoms with E-state index in [0.717, 1.165) is 4.90 Å². The Morgan fingerprint density at radius 3 is 2.32 bits per heavy atom. The first kappa shape index (κ1) is 21.0. The van der Waals surface area contributed by atoms with Gasteiger partial charge >= 0.3 is 0 Å². The van der Waals surface area contributed by atoms with Crippen LogP contribution in [0.5, 0.6) is 5.75 Å². The number of ether oxygens (including phenoxy) is 1. The number of hydrogen-bond donors (Lipinski definition) is 1. The molecule has 2 amide bonds.